The molecule has 0 saturated carbocycles. The number of aryl methyl sites for hydroxylation is 1. The highest BCUT2D eigenvalue weighted by atomic mass is 19.1. The molecule has 0 spiro atoms. The maximum Gasteiger partial charge on any atom is 0.164 e. The SMILES string of the molecule is CC(=O)c1c(F)cccc1N1CCN(c2ccnc(C)n2)CC1. The van der Waals surface area contributed by atoms with E-state index in [2.05, 4.69) is 19.8 Å². The number of aromatic nitrogens is 2. The van der Waals surface area contributed by atoms with Crippen molar-refractivity contribution in [3.05, 3.63) is 47.7 Å². The minimum Gasteiger partial charge on any atom is -0.367 e. The smallest absolute Gasteiger partial charge is 0.164 e. The second-order valence-electron chi connectivity index (χ2n) is 5.63. The van der Waals surface area contributed by atoms with Gasteiger partial charge in [0.2, 0.25) is 0 Å². The predicted molar refractivity (Wildman–Crippen MR) is 87.6 cm³/mol. The van der Waals surface area contributed by atoms with Crippen LogP contribution in [0.1, 0.15) is 23.1 Å². The number of rotatable bonds is 3. The van der Waals surface area contributed by atoms with Crippen LogP contribution in [0.5, 0.6) is 0 Å². The summed E-state index contributed by atoms with van der Waals surface area (Å²) in [4.78, 5) is 24.5. The molecule has 5 nitrogen and oxygen atoms in total. The Morgan fingerprint density at radius 1 is 1.13 bits per heavy atom. The van der Waals surface area contributed by atoms with Crippen LogP contribution in [0, 0.1) is 12.7 Å². The van der Waals surface area contributed by atoms with E-state index in [0.29, 0.717) is 18.8 Å². The van der Waals surface area contributed by atoms with Gasteiger partial charge < -0.3 is 9.80 Å². The van der Waals surface area contributed by atoms with Crippen molar-refractivity contribution in [2.45, 2.75) is 13.8 Å². The molecule has 2 aromatic rings. The third kappa shape index (κ3) is 3.16. The fourth-order valence-corrected chi connectivity index (χ4v) is 2.92. The number of anilines is 2. The van der Waals surface area contributed by atoms with Gasteiger partial charge in [0, 0.05) is 32.4 Å². The van der Waals surface area contributed by atoms with E-state index in [1.807, 2.05) is 19.1 Å². The number of hydrogen-bond acceptors (Lipinski definition) is 5. The number of piperazine rings is 1. The monoisotopic (exact) mass is 314 g/mol. The standard InChI is InChI=1S/C17H19FN4O/c1-12(23)17-14(18)4-3-5-15(17)21-8-10-22(11-9-21)16-6-7-19-13(2)20-16/h3-7H,8-11H2,1-2H3. The summed E-state index contributed by atoms with van der Waals surface area (Å²) in [7, 11) is 0. The Labute approximate surface area is 134 Å². The molecule has 1 aromatic carbocycles. The molecule has 120 valence electrons. The van der Waals surface area contributed by atoms with Crippen LogP contribution in [-0.4, -0.2) is 41.9 Å². The number of nitrogens with zero attached hydrogens (tertiary/aromatic N) is 4. The Balaban J connectivity index is 1.77. The summed E-state index contributed by atoms with van der Waals surface area (Å²) in [5.74, 6) is 0.952. The van der Waals surface area contributed by atoms with Gasteiger partial charge in [-0.3, -0.25) is 4.79 Å². The van der Waals surface area contributed by atoms with Crippen LogP contribution < -0.4 is 9.80 Å². The summed E-state index contributed by atoms with van der Waals surface area (Å²) >= 11 is 0. The summed E-state index contributed by atoms with van der Waals surface area (Å²) in [6.07, 6.45) is 1.75. The molecule has 3 rings (SSSR count). The molecule has 6 heteroatoms. The number of Topliss-reactive ketones (excluding diaryl/α,β-unsaturated/α-hetero) is 1. The van der Waals surface area contributed by atoms with E-state index in [1.54, 1.807) is 12.3 Å². The number of carbonyl (C=O) groups excluding carboxylic acids is 1. The Kier molecular flexibility index (Phi) is 4.23. The maximum atomic E-state index is 14.0. The molecule has 0 bridgehead atoms. The number of benzene rings is 1. The summed E-state index contributed by atoms with van der Waals surface area (Å²) in [6.45, 7) is 6.24. The molecule has 2 heterocycles. The van der Waals surface area contributed by atoms with Crippen LogP contribution in [0.3, 0.4) is 0 Å². The van der Waals surface area contributed by atoms with Crippen LogP contribution in [0.2, 0.25) is 0 Å². The molecule has 0 aliphatic carbocycles. The Morgan fingerprint density at radius 2 is 1.83 bits per heavy atom. The Hall–Kier alpha value is -2.50. The predicted octanol–water partition coefficient (Wildman–Crippen LogP) is 2.45. The van der Waals surface area contributed by atoms with Gasteiger partial charge in [0.25, 0.3) is 0 Å². The first-order valence-corrected chi connectivity index (χ1v) is 7.65. The fraction of sp³-hybridized carbons (Fsp3) is 0.353. The number of carbonyl (C=O) groups is 1. The second kappa shape index (κ2) is 6.32. The molecule has 1 aromatic heterocycles. The maximum absolute atomic E-state index is 14.0. The van der Waals surface area contributed by atoms with E-state index in [0.717, 1.165) is 24.7 Å². The normalized spacial score (nSPS) is 14.9. The van der Waals surface area contributed by atoms with E-state index in [9.17, 15) is 9.18 Å². The van der Waals surface area contributed by atoms with Gasteiger partial charge in [-0.15, -0.1) is 0 Å². The lowest BCUT2D eigenvalue weighted by molar-refractivity contribution is 0.101. The van der Waals surface area contributed by atoms with Crippen molar-refractivity contribution in [2.24, 2.45) is 0 Å². The number of ketones is 1. The Bertz CT molecular complexity index is 726. The van der Waals surface area contributed by atoms with Gasteiger partial charge in [0.15, 0.2) is 5.78 Å². The molecule has 1 fully saturated rings. The Morgan fingerprint density at radius 3 is 2.48 bits per heavy atom. The third-order valence-corrected chi connectivity index (χ3v) is 4.05. The van der Waals surface area contributed by atoms with Gasteiger partial charge in [0.05, 0.1) is 11.3 Å². The van der Waals surface area contributed by atoms with Gasteiger partial charge in [-0.05, 0) is 32.0 Å². The third-order valence-electron chi connectivity index (χ3n) is 4.05. The van der Waals surface area contributed by atoms with Crippen LogP contribution in [0.15, 0.2) is 30.5 Å². The van der Waals surface area contributed by atoms with Crippen molar-refractivity contribution >= 4 is 17.3 Å². The average molecular weight is 314 g/mol. The topological polar surface area (TPSA) is 49.3 Å². The van der Waals surface area contributed by atoms with Crippen molar-refractivity contribution in [3.63, 3.8) is 0 Å². The molecular formula is C17H19FN4O. The lowest BCUT2D eigenvalue weighted by Gasteiger charge is -2.37. The first-order chi connectivity index (χ1) is 11.1. The summed E-state index contributed by atoms with van der Waals surface area (Å²) in [5.41, 5.74) is 0.856. The van der Waals surface area contributed by atoms with Crippen molar-refractivity contribution < 1.29 is 9.18 Å². The van der Waals surface area contributed by atoms with Gasteiger partial charge in [-0.25, -0.2) is 14.4 Å². The zero-order valence-corrected chi connectivity index (χ0v) is 13.3. The van der Waals surface area contributed by atoms with Crippen LogP contribution in [0.4, 0.5) is 15.9 Å². The largest absolute Gasteiger partial charge is 0.367 e. The zero-order chi connectivity index (χ0) is 16.4. The minimum absolute atomic E-state index is 0.179. The molecule has 23 heavy (non-hydrogen) atoms. The molecule has 1 aliphatic heterocycles. The number of hydrogen-bond donors (Lipinski definition) is 0. The van der Waals surface area contributed by atoms with Gasteiger partial charge in [-0.1, -0.05) is 6.07 Å². The van der Waals surface area contributed by atoms with Crippen LogP contribution in [0.25, 0.3) is 0 Å². The quantitative estimate of drug-likeness (QED) is 0.815. The molecule has 1 saturated heterocycles. The van der Waals surface area contributed by atoms with Crippen LogP contribution in [-0.2, 0) is 0 Å². The van der Waals surface area contributed by atoms with Crippen molar-refractivity contribution in [2.75, 3.05) is 36.0 Å². The molecular weight excluding hydrogens is 295 g/mol. The molecule has 0 N–H and O–H groups in total. The van der Waals surface area contributed by atoms with E-state index in [4.69, 9.17) is 0 Å². The van der Waals surface area contributed by atoms with Crippen LogP contribution >= 0.6 is 0 Å². The highest BCUT2D eigenvalue weighted by Gasteiger charge is 2.23. The molecule has 0 unspecified atom stereocenters. The van der Waals surface area contributed by atoms with E-state index >= 15 is 0 Å². The first kappa shape index (κ1) is 15.4. The van der Waals surface area contributed by atoms with Gasteiger partial charge in [0.1, 0.15) is 17.5 Å². The summed E-state index contributed by atoms with van der Waals surface area (Å²) < 4.78 is 14.0. The summed E-state index contributed by atoms with van der Waals surface area (Å²) in [5, 5.41) is 0. The van der Waals surface area contributed by atoms with Crippen molar-refractivity contribution in [1.29, 1.82) is 0 Å². The molecule has 1 aliphatic rings. The highest BCUT2D eigenvalue weighted by Crippen LogP contribution is 2.25. The molecule has 0 atom stereocenters. The second-order valence-corrected chi connectivity index (χ2v) is 5.63. The minimum atomic E-state index is -0.455. The van der Waals surface area contributed by atoms with Crippen molar-refractivity contribution in [1.82, 2.24) is 9.97 Å². The average Bonchev–Trinajstić information content (AvgIpc) is 2.54. The molecule has 0 amide bonds. The zero-order valence-electron chi connectivity index (χ0n) is 13.3. The lowest BCUT2D eigenvalue weighted by Crippen LogP contribution is -2.47. The molecule has 0 radical (unpaired) electrons. The fourth-order valence-electron chi connectivity index (χ4n) is 2.92. The summed E-state index contributed by atoms with van der Waals surface area (Å²) in [6, 6.07) is 6.69. The highest BCUT2D eigenvalue weighted by molar-refractivity contribution is 6.00. The number of halogens is 1. The van der Waals surface area contributed by atoms with Gasteiger partial charge in [-0.2, -0.15) is 0 Å². The lowest BCUT2D eigenvalue weighted by atomic mass is 10.1. The van der Waals surface area contributed by atoms with Crippen molar-refractivity contribution in [3.8, 4) is 0 Å². The first-order valence-electron chi connectivity index (χ1n) is 7.65. The van der Waals surface area contributed by atoms with E-state index in [-0.39, 0.29) is 11.3 Å². The van der Waals surface area contributed by atoms with Gasteiger partial charge >= 0.3 is 0 Å². The van der Waals surface area contributed by atoms with E-state index in [1.165, 1.54) is 13.0 Å². The van der Waals surface area contributed by atoms with E-state index < -0.39 is 5.82 Å².